The van der Waals surface area contributed by atoms with E-state index in [9.17, 15) is 4.79 Å². The van der Waals surface area contributed by atoms with Crippen LogP contribution in [0.2, 0.25) is 0 Å². The smallest absolute Gasteiger partial charge is 0.223 e. The third-order valence-corrected chi connectivity index (χ3v) is 5.44. The van der Waals surface area contributed by atoms with E-state index in [4.69, 9.17) is 4.42 Å². The lowest BCUT2D eigenvalue weighted by Crippen LogP contribution is -2.40. The first kappa shape index (κ1) is 15.5. The summed E-state index contributed by atoms with van der Waals surface area (Å²) >= 11 is 0. The maximum atomic E-state index is 12.6. The largest absolute Gasteiger partial charge is 0.466 e. The van der Waals surface area contributed by atoms with E-state index in [1.165, 1.54) is 6.42 Å². The number of furan rings is 1. The van der Waals surface area contributed by atoms with Crippen molar-refractivity contribution in [2.24, 2.45) is 5.92 Å². The van der Waals surface area contributed by atoms with E-state index in [-0.39, 0.29) is 5.91 Å². The zero-order chi connectivity index (χ0) is 16.5. The maximum Gasteiger partial charge on any atom is 0.223 e. The molecule has 5 nitrogen and oxygen atoms in total. The van der Waals surface area contributed by atoms with Gasteiger partial charge >= 0.3 is 0 Å². The van der Waals surface area contributed by atoms with Gasteiger partial charge in [0, 0.05) is 44.2 Å². The van der Waals surface area contributed by atoms with Crippen LogP contribution in [-0.2, 0) is 11.2 Å². The Hall–Kier alpha value is -2.04. The molecule has 1 saturated heterocycles. The van der Waals surface area contributed by atoms with Crippen LogP contribution in [0.3, 0.4) is 0 Å². The van der Waals surface area contributed by atoms with Crippen molar-refractivity contribution >= 4 is 5.91 Å². The molecule has 3 atom stereocenters. The molecule has 2 fully saturated rings. The third-order valence-electron chi connectivity index (χ3n) is 5.44. The lowest BCUT2D eigenvalue weighted by Gasteiger charge is -2.33. The van der Waals surface area contributed by atoms with Gasteiger partial charge in [-0.3, -0.25) is 4.79 Å². The molecule has 1 aliphatic carbocycles. The number of amides is 1. The predicted octanol–water partition coefficient (Wildman–Crippen LogP) is 3.40. The summed E-state index contributed by atoms with van der Waals surface area (Å²) in [6.07, 6.45) is 10.3. The van der Waals surface area contributed by atoms with Crippen LogP contribution in [0.1, 0.15) is 56.1 Å². The van der Waals surface area contributed by atoms with Gasteiger partial charge < -0.3 is 13.9 Å². The van der Waals surface area contributed by atoms with E-state index in [1.807, 2.05) is 23.5 Å². The molecule has 0 radical (unpaired) electrons. The Morgan fingerprint density at radius 3 is 3.04 bits per heavy atom. The van der Waals surface area contributed by atoms with Gasteiger partial charge in [0.2, 0.25) is 5.91 Å². The molecule has 0 spiro atoms. The summed E-state index contributed by atoms with van der Waals surface area (Å²) in [6.45, 7) is 3.91. The van der Waals surface area contributed by atoms with Gasteiger partial charge in [0.1, 0.15) is 11.5 Å². The van der Waals surface area contributed by atoms with E-state index in [0.29, 0.717) is 24.8 Å². The molecule has 4 rings (SSSR count). The van der Waals surface area contributed by atoms with Crippen molar-refractivity contribution < 1.29 is 9.21 Å². The number of hydrogen-bond donors (Lipinski definition) is 0. The zero-order valence-electron chi connectivity index (χ0n) is 14.2. The van der Waals surface area contributed by atoms with E-state index < -0.39 is 0 Å². The number of nitrogens with zero attached hydrogens (tertiary/aromatic N) is 3. The average Bonchev–Trinajstić information content (AvgIpc) is 3.04. The average molecular weight is 327 g/mol. The SMILES string of the molecule is C[C@@H]1C[C@@H]1c1ccc(CCC(=O)N2CCC[C@@H](n3ccnc3)C2)o1. The number of piperidine rings is 1. The first-order valence-electron chi connectivity index (χ1n) is 9.04. The van der Waals surface area contributed by atoms with E-state index in [0.717, 1.165) is 43.4 Å². The van der Waals surface area contributed by atoms with Gasteiger partial charge in [0.05, 0.1) is 12.4 Å². The van der Waals surface area contributed by atoms with Crippen molar-refractivity contribution in [1.82, 2.24) is 14.5 Å². The van der Waals surface area contributed by atoms with Crippen molar-refractivity contribution in [1.29, 1.82) is 0 Å². The van der Waals surface area contributed by atoms with Crippen LogP contribution >= 0.6 is 0 Å². The zero-order valence-corrected chi connectivity index (χ0v) is 14.2. The van der Waals surface area contributed by atoms with Gasteiger partial charge in [0.15, 0.2) is 0 Å². The van der Waals surface area contributed by atoms with Crippen LogP contribution < -0.4 is 0 Å². The summed E-state index contributed by atoms with van der Waals surface area (Å²) in [6, 6.07) is 4.49. The van der Waals surface area contributed by atoms with Crippen LogP contribution in [0.4, 0.5) is 0 Å². The van der Waals surface area contributed by atoms with E-state index >= 15 is 0 Å². The molecule has 3 heterocycles. The quantitative estimate of drug-likeness (QED) is 0.846. The molecule has 2 aliphatic rings. The van der Waals surface area contributed by atoms with Crippen LogP contribution in [0.25, 0.3) is 0 Å². The molecule has 0 bridgehead atoms. The highest BCUT2D eigenvalue weighted by Crippen LogP contribution is 2.47. The number of carbonyl (C=O) groups excluding carboxylic acids is 1. The lowest BCUT2D eigenvalue weighted by atomic mass is 10.0. The Morgan fingerprint density at radius 2 is 2.29 bits per heavy atom. The summed E-state index contributed by atoms with van der Waals surface area (Å²) in [7, 11) is 0. The fraction of sp³-hybridized carbons (Fsp3) is 0.579. The van der Waals surface area contributed by atoms with Crippen molar-refractivity contribution in [3.63, 3.8) is 0 Å². The van der Waals surface area contributed by atoms with Crippen molar-refractivity contribution in [2.75, 3.05) is 13.1 Å². The highest BCUT2D eigenvalue weighted by molar-refractivity contribution is 5.76. The molecule has 0 N–H and O–H groups in total. The molecule has 0 unspecified atom stereocenters. The number of rotatable bonds is 5. The molecule has 24 heavy (non-hydrogen) atoms. The van der Waals surface area contributed by atoms with Crippen molar-refractivity contribution in [3.05, 3.63) is 42.4 Å². The van der Waals surface area contributed by atoms with Gasteiger partial charge in [0.25, 0.3) is 0 Å². The van der Waals surface area contributed by atoms with E-state index in [2.05, 4.69) is 22.5 Å². The molecule has 1 amide bonds. The summed E-state index contributed by atoms with van der Waals surface area (Å²) in [5, 5.41) is 0. The van der Waals surface area contributed by atoms with Crippen LogP contribution in [0, 0.1) is 5.92 Å². The summed E-state index contributed by atoms with van der Waals surface area (Å²) in [5.41, 5.74) is 0. The molecule has 1 saturated carbocycles. The Morgan fingerprint density at radius 1 is 1.42 bits per heavy atom. The van der Waals surface area contributed by atoms with Gasteiger partial charge in [-0.15, -0.1) is 0 Å². The Balaban J connectivity index is 1.30. The summed E-state index contributed by atoms with van der Waals surface area (Å²) in [4.78, 5) is 18.7. The summed E-state index contributed by atoms with van der Waals surface area (Å²) in [5.74, 6) is 3.63. The Kier molecular flexibility index (Phi) is 4.17. The minimum Gasteiger partial charge on any atom is -0.466 e. The fourth-order valence-corrected chi connectivity index (χ4v) is 3.74. The second-order valence-electron chi connectivity index (χ2n) is 7.27. The summed E-state index contributed by atoms with van der Waals surface area (Å²) < 4.78 is 8.03. The molecule has 1 aliphatic heterocycles. The third kappa shape index (κ3) is 3.25. The Bertz CT molecular complexity index is 691. The monoisotopic (exact) mass is 327 g/mol. The van der Waals surface area contributed by atoms with Crippen LogP contribution in [0.15, 0.2) is 35.3 Å². The minimum absolute atomic E-state index is 0.234. The van der Waals surface area contributed by atoms with Gasteiger partial charge in [-0.2, -0.15) is 0 Å². The number of imidazole rings is 1. The number of aromatic nitrogens is 2. The second-order valence-corrected chi connectivity index (χ2v) is 7.27. The molecule has 0 aromatic carbocycles. The first-order valence-corrected chi connectivity index (χ1v) is 9.04. The normalized spacial score (nSPS) is 26.5. The van der Waals surface area contributed by atoms with Crippen LogP contribution in [0.5, 0.6) is 0 Å². The first-order chi connectivity index (χ1) is 11.7. The van der Waals surface area contributed by atoms with Crippen LogP contribution in [-0.4, -0.2) is 33.4 Å². The number of likely N-dealkylation sites (tertiary alicyclic amines) is 1. The predicted molar refractivity (Wildman–Crippen MR) is 90.6 cm³/mol. The Labute approximate surface area is 142 Å². The van der Waals surface area contributed by atoms with Crippen molar-refractivity contribution in [2.45, 2.75) is 51.0 Å². The molecule has 2 aromatic heterocycles. The second kappa shape index (κ2) is 6.46. The maximum absolute atomic E-state index is 12.6. The van der Waals surface area contributed by atoms with Gasteiger partial charge in [-0.25, -0.2) is 4.98 Å². The molecule has 2 aromatic rings. The molecule has 5 heteroatoms. The fourth-order valence-electron chi connectivity index (χ4n) is 3.74. The number of aryl methyl sites for hydroxylation is 1. The number of carbonyl (C=O) groups is 1. The number of hydrogen-bond acceptors (Lipinski definition) is 3. The minimum atomic E-state index is 0.234. The van der Waals surface area contributed by atoms with Gasteiger partial charge in [-0.05, 0) is 37.3 Å². The van der Waals surface area contributed by atoms with Crippen molar-refractivity contribution in [3.8, 4) is 0 Å². The highest BCUT2D eigenvalue weighted by atomic mass is 16.3. The molecular weight excluding hydrogens is 302 g/mol. The van der Waals surface area contributed by atoms with E-state index in [1.54, 1.807) is 6.20 Å². The topological polar surface area (TPSA) is 51.3 Å². The molecule has 128 valence electrons. The standard InChI is InChI=1S/C19H25N3O2/c1-14-11-17(14)18-6-4-16(24-18)5-7-19(23)21-9-2-3-15(12-21)22-10-8-20-13-22/h4,6,8,10,13-15,17H,2-3,5,7,9,11-12H2,1H3/t14-,15-,17+/m1/s1. The lowest BCUT2D eigenvalue weighted by molar-refractivity contribution is -0.132. The highest BCUT2D eigenvalue weighted by Gasteiger charge is 2.36. The van der Waals surface area contributed by atoms with Gasteiger partial charge in [-0.1, -0.05) is 6.92 Å². The molecular formula is C19H25N3O2.